The van der Waals surface area contributed by atoms with Crippen molar-refractivity contribution in [2.45, 2.75) is 12.5 Å². The molecule has 0 unspecified atom stereocenters. The van der Waals surface area contributed by atoms with Crippen LogP contribution in [0.25, 0.3) is 0 Å². The van der Waals surface area contributed by atoms with Crippen molar-refractivity contribution >= 4 is 23.2 Å². The molecule has 0 aliphatic carbocycles. The van der Waals surface area contributed by atoms with Crippen LogP contribution >= 0.6 is 23.2 Å². The Morgan fingerprint density at radius 1 is 1.37 bits per heavy atom. The van der Waals surface area contributed by atoms with E-state index in [1.54, 1.807) is 31.0 Å². The van der Waals surface area contributed by atoms with Gasteiger partial charge in [0.15, 0.2) is 17.3 Å². The molecule has 19 heavy (non-hydrogen) atoms. The molecule has 0 atom stereocenters. The standard InChI is InChI=1S/C12H13Cl2N3O2/c1-17-11(15-7-16-17)6-19-12-8(5-13)3-9(14)4-10(12)18-2/h3-4,7H,5-6H2,1-2H3. The number of aromatic nitrogens is 3. The Labute approximate surface area is 121 Å². The molecule has 0 bridgehead atoms. The van der Waals surface area contributed by atoms with Crippen LogP contribution in [0.5, 0.6) is 11.5 Å². The topological polar surface area (TPSA) is 49.2 Å². The van der Waals surface area contributed by atoms with Crippen LogP contribution in [0.1, 0.15) is 11.4 Å². The smallest absolute Gasteiger partial charge is 0.166 e. The Kier molecular flexibility index (Phi) is 4.50. The molecule has 0 saturated heterocycles. The number of nitrogens with zero attached hydrogens (tertiary/aromatic N) is 3. The Morgan fingerprint density at radius 2 is 2.16 bits per heavy atom. The summed E-state index contributed by atoms with van der Waals surface area (Å²) >= 11 is 11.9. The number of methoxy groups -OCH3 is 1. The number of alkyl halides is 1. The molecule has 0 saturated carbocycles. The molecule has 0 aliphatic heterocycles. The van der Waals surface area contributed by atoms with E-state index in [1.807, 2.05) is 0 Å². The van der Waals surface area contributed by atoms with Gasteiger partial charge in [-0.3, -0.25) is 4.68 Å². The fraction of sp³-hybridized carbons (Fsp3) is 0.333. The molecule has 0 fully saturated rings. The largest absolute Gasteiger partial charge is 0.493 e. The summed E-state index contributed by atoms with van der Waals surface area (Å²) < 4.78 is 12.6. The summed E-state index contributed by atoms with van der Waals surface area (Å²) in [6.07, 6.45) is 1.47. The maximum absolute atomic E-state index is 5.98. The highest BCUT2D eigenvalue weighted by Gasteiger charge is 2.13. The molecular formula is C12H13Cl2N3O2. The minimum absolute atomic E-state index is 0.276. The van der Waals surface area contributed by atoms with Crippen LogP contribution in [-0.2, 0) is 19.5 Å². The Balaban J connectivity index is 2.26. The normalized spacial score (nSPS) is 10.5. The molecule has 1 aromatic carbocycles. The molecular weight excluding hydrogens is 289 g/mol. The minimum Gasteiger partial charge on any atom is -0.493 e. The van der Waals surface area contributed by atoms with Gasteiger partial charge in [-0.15, -0.1) is 11.6 Å². The van der Waals surface area contributed by atoms with Crippen LogP contribution in [0.3, 0.4) is 0 Å². The molecule has 0 aliphatic rings. The molecule has 1 heterocycles. The summed E-state index contributed by atoms with van der Waals surface area (Å²) in [6.45, 7) is 0.276. The molecule has 2 rings (SSSR count). The summed E-state index contributed by atoms with van der Waals surface area (Å²) in [5.74, 6) is 2.11. The summed E-state index contributed by atoms with van der Waals surface area (Å²) in [5.41, 5.74) is 0.771. The average molecular weight is 302 g/mol. The Hall–Kier alpha value is -1.46. The zero-order valence-electron chi connectivity index (χ0n) is 10.6. The lowest BCUT2D eigenvalue weighted by Gasteiger charge is -2.14. The number of halogens is 2. The maximum atomic E-state index is 5.98. The van der Waals surface area contributed by atoms with Gasteiger partial charge in [0.2, 0.25) is 0 Å². The van der Waals surface area contributed by atoms with Crippen LogP contribution in [0.15, 0.2) is 18.5 Å². The lowest BCUT2D eigenvalue weighted by Crippen LogP contribution is -2.06. The fourth-order valence-electron chi connectivity index (χ4n) is 1.62. The van der Waals surface area contributed by atoms with E-state index in [0.717, 1.165) is 5.56 Å². The van der Waals surface area contributed by atoms with E-state index in [9.17, 15) is 0 Å². The predicted octanol–water partition coefficient (Wildman–Crippen LogP) is 2.79. The van der Waals surface area contributed by atoms with Gasteiger partial charge in [-0.25, -0.2) is 4.98 Å². The first-order valence-electron chi connectivity index (χ1n) is 5.53. The van der Waals surface area contributed by atoms with E-state index in [0.29, 0.717) is 22.3 Å². The van der Waals surface area contributed by atoms with Gasteiger partial charge >= 0.3 is 0 Å². The molecule has 0 spiro atoms. The van der Waals surface area contributed by atoms with Gasteiger partial charge in [-0.1, -0.05) is 11.6 Å². The second-order valence-electron chi connectivity index (χ2n) is 3.82. The third kappa shape index (κ3) is 3.11. The van der Waals surface area contributed by atoms with Gasteiger partial charge in [0, 0.05) is 23.7 Å². The fourth-order valence-corrected chi connectivity index (χ4v) is 2.05. The van der Waals surface area contributed by atoms with Gasteiger partial charge in [0.05, 0.1) is 13.0 Å². The SMILES string of the molecule is COc1cc(Cl)cc(CCl)c1OCc1ncnn1C. The van der Waals surface area contributed by atoms with E-state index >= 15 is 0 Å². The first-order valence-corrected chi connectivity index (χ1v) is 6.45. The number of benzene rings is 1. The van der Waals surface area contributed by atoms with Crippen molar-refractivity contribution in [1.82, 2.24) is 14.8 Å². The van der Waals surface area contributed by atoms with Crippen molar-refractivity contribution < 1.29 is 9.47 Å². The lowest BCUT2D eigenvalue weighted by atomic mass is 10.2. The zero-order chi connectivity index (χ0) is 13.8. The maximum Gasteiger partial charge on any atom is 0.166 e. The highest BCUT2D eigenvalue weighted by atomic mass is 35.5. The lowest BCUT2D eigenvalue weighted by molar-refractivity contribution is 0.269. The van der Waals surface area contributed by atoms with Crippen LogP contribution in [0, 0.1) is 0 Å². The predicted molar refractivity (Wildman–Crippen MR) is 72.9 cm³/mol. The first-order chi connectivity index (χ1) is 9.15. The van der Waals surface area contributed by atoms with Gasteiger partial charge in [-0.2, -0.15) is 5.10 Å². The summed E-state index contributed by atoms with van der Waals surface area (Å²) in [4.78, 5) is 4.09. The molecule has 0 radical (unpaired) electrons. The third-order valence-corrected chi connectivity index (χ3v) is 3.12. The molecule has 0 amide bonds. The van der Waals surface area contributed by atoms with Crippen LogP contribution < -0.4 is 9.47 Å². The molecule has 2 aromatic rings. The van der Waals surface area contributed by atoms with Crippen molar-refractivity contribution in [1.29, 1.82) is 0 Å². The second kappa shape index (κ2) is 6.12. The number of ether oxygens (including phenoxy) is 2. The molecule has 5 nitrogen and oxygen atoms in total. The molecule has 102 valence electrons. The van der Waals surface area contributed by atoms with Gasteiger partial charge in [-0.05, 0) is 6.07 Å². The van der Waals surface area contributed by atoms with E-state index in [2.05, 4.69) is 10.1 Å². The summed E-state index contributed by atoms with van der Waals surface area (Å²) in [6, 6.07) is 3.44. The van der Waals surface area contributed by atoms with Crippen molar-refractivity contribution in [3.63, 3.8) is 0 Å². The van der Waals surface area contributed by atoms with E-state index in [1.165, 1.54) is 6.33 Å². The van der Waals surface area contributed by atoms with Crippen molar-refractivity contribution in [3.8, 4) is 11.5 Å². The van der Waals surface area contributed by atoms with Crippen molar-refractivity contribution in [3.05, 3.63) is 34.9 Å². The van der Waals surface area contributed by atoms with E-state index in [-0.39, 0.29) is 12.5 Å². The molecule has 7 heteroatoms. The highest BCUT2D eigenvalue weighted by molar-refractivity contribution is 6.31. The number of hydrogen-bond acceptors (Lipinski definition) is 4. The molecule has 1 aromatic heterocycles. The Morgan fingerprint density at radius 3 is 2.74 bits per heavy atom. The minimum atomic E-state index is 0.276. The van der Waals surface area contributed by atoms with Crippen LogP contribution in [0.4, 0.5) is 0 Å². The van der Waals surface area contributed by atoms with Crippen molar-refractivity contribution in [2.75, 3.05) is 7.11 Å². The first kappa shape index (κ1) is 14.0. The molecule has 0 N–H and O–H groups in total. The van der Waals surface area contributed by atoms with Gasteiger partial charge < -0.3 is 9.47 Å². The number of hydrogen-bond donors (Lipinski definition) is 0. The summed E-state index contributed by atoms with van der Waals surface area (Å²) in [5, 5.41) is 4.53. The van der Waals surface area contributed by atoms with Crippen molar-refractivity contribution in [2.24, 2.45) is 7.05 Å². The quantitative estimate of drug-likeness (QED) is 0.797. The Bertz CT molecular complexity index is 547. The van der Waals surface area contributed by atoms with E-state index in [4.69, 9.17) is 32.7 Å². The average Bonchev–Trinajstić information content (AvgIpc) is 2.81. The van der Waals surface area contributed by atoms with Crippen LogP contribution in [-0.4, -0.2) is 21.9 Å². The van der Waals surface area contributed by atoms with Crippen LogP contribution in [0.2, 0.25) is 5.02 Å². The summed E-state index contributed by atoms with van der Waals surface area (Å²) in [7, 11) is 3.35. The second-order valence-corrected chi connectivity index (χ2v) is 4.52. The zero-order valence-corrected chi connectivity index (χ0v) is 12.1. The number of rotatable bonds is 5. The third-order valence-electron chi connectivity index (χ3n) is 2.61. The highest BCUT2D eigenvalue weighted by Crippen LogP contribution is 2.36. The van der Waals surface area contributed by atoms with E-state index < -0.39 is 0 Å². The van der Waals surface area contributed by atoms with Gasteiger partial charge in [0.25, 0.3) is 0 Å². The monoisotopic (exact) mass is 301 g/mol. The van der Waals surface area contributed by atoms with Gasteiger partial charge in [0.1, 0.15) is 12.9 Å². The number of aryl methyl sites for hydroxylation is 1.